The molecule has 78 valence electrons. The molecule has 0 unspecified atom stereocenters. The van der Waals surface area contributed by atoms with E-state index < -0.39 is 0 Å². The third kappa shape index (κ3) is 2.95. The van der Waals surface area contributed by atoms with Crippen molar-refractivity contribution in [3.63, 3.8) is 0 Å². The monoisotopic (exact) mass is 192 g/mol. The molecule has 0 bridgehead atoms. The fourth-order valence-electron chi connectivity index (χ4n) is 1.54. The Kier molecular flexibility index (Phi) is 3.81. The number of hydrogen-bond donors (Lipinski definition) is 1. The first-order chi connectivity index (χ1) is 6.63. The largest absolute Gasteiger partial charge is 0.399 e. The molecule has 0 amide bonds. The minimum atomic E-state index is 0.688. The SMILES string of the molecule is CCN(CC(C)C)c1ccc(N)cc1. The van der Waals surface area contributed by atoms with E-state index in [4.69, 9.17) is 5.73 Å². The van der Waals surface area contributed by atoms with Gasteiger partial charge in [0.1, 0.15) is 0 Å². The van der Waals surface area contributed by atoms with Crippen molar-refractivity contribution in [2.75, 3.05) is 23.7 Å². The normalized spacial score (nSPS) is 10.6. The molecular weight excluding hydrogens is 172 g/mol. The van der Waals surface area contributed by atoms with E-state index in [-0.39, 0.29) is 0 Å². The van der Waals surface area contributed by atoms with Gasteiger partial charge in [-0.15, -0.1) is 0 Å². The van der Waals surface area contributed by atoms with Gasteiger partial charge < -0.3 is 10.6 Å². The lowest BCUT2D eigenvalue weighted by atomic mass is 10.2. The zero-order valence-corrected chi connectivity index (χ0v) is 9.33. The maximum Gasteiger partial charge on any atom is 0.0367 e. The second kappa shape index (κ2) is 4.89. The maximum atomic E-state index is 5.65. The van der Waals surface area contributed by atoms with Crippen LogP contribution in [0.5, 0.6) is 0 Å². The van der Waals surface area contributed by atoms with Gasteiger partial charge in [0.2, 0.25) is 0 Å². The highest BCUT2D eigenvalue weighted by atomic mass is 15.1. The van der Waals surface area contributed by atoms with Crippen LogP contribution in [0.25, 0.3) is 0 Å². The first-order valence-electron chi connectivity index (χ1n) is 5.24. The quantitative estimate of drug-likeness (QED) is 0.743. The predicted molar refractivity (Wildman–Crippen MR) is 63.6 cm³/mol. The second-order valence-corrected chi connectivity index (χ2v) is 4.02. The van der Waals surface area contributed by atoms with Crippen molar-refractivity contribution in [3.05, 3.63) is 24.3 Å². The average molecular weight is 192 g/mol. The van der Waals surface area contributed by atoms with Gasteiger partial charge in [0, 0.05) is 24.5 Å². The lowest BCUT2D eigenvalue weighted by molar-refractivity contribution is 0.619. The van der Waals surface area contributed by atoms with Crippen LogP contribution in [0.2, 0.25) is 0 Å². The van der Waals surface area contributed by atoms with Gasteiger partial charge in [-0.25, -0.2) is 0 Å². The highest BCUT2D eigenvalue weighted by Gasteiger charge is 2.05. The molecule has 0 saturated heterocycles. The highest BCUT2D eigenvalue weighted by molar-refractivity contribution is 5.52. The van der Waals surface area contributed by atoms with Crippen LogP contribution < -0.4 is 10.6 Å². The number of nitrogens with zero attached hydrogens (tertiary/aromatic N) is 1. The van der Waals surface area contributed by atoms with Crippen molar-refractivity contribution in [1.29, 1.82) is 0 Å². The number of anilines is 2. The van der Waals surface area contributed by atoms with Gasteiger partial charge in [0.15, 0.2) is 0 Å². The Labute approximate surface area is 86.7 Å². The van der Waals surface area contributed by atoms with E-state index >= 15 is 0 Å². The lowest BCUT2D eigenvalue weighted by Gasteiger charge is -2.25. The third-order valence-electron chi connectivity index (χ3n) is 2.23. The molecule has 2 nitrogen and oxygen atoms in total. The fourth-order valence-corrected chi connectivity index (χ4v) is 1.54. The maximum absolute atomic E-state index is 5.65. The summed E-state index contributed by atoms with van der Waals surface area (Å²) < 4.78 is 0. The van der Waals surface area contributed by atoms with Gasteiger partial charge in [-0.1, -0.05) is 13.8 Å². The van der Waals surface area contributed by atoms with E-state index in [1.54, 1.807) is 0 Å². The Balaban J connectivity index is 2.73. The van der Waals surface area contributed by atoms with Crippen LogP contribution in [0.4, 0.5) is 11.4 Å². The van der Waals surface area contributed by atoms with Crippen LogP contribution in [-0.2, 0) is 0 Å². The van der Waals surface area contributed by atoms with Crippen molar-refractivity contribution in [2.45, 2.75) is 20.8 Å². The summed E-state index contributed by atoms with van der Waals surface area (Å²) in [6.45, 7) is 8.79. The van der Waals surface area contributed by atoms with E-state index in [1.807, 2.05) is 12.1 Å². The Morgan fingerprint density at radius 3 is 2.21 bits per heavy atom. The topological polar surface area (TPSA) is 29.3 Å². The zero-order valence-electron chi connectivity index (χ0n) is 9.33. The van der Waals surface area contributed by atoms with E-state index in [0.717, 1.165) is 18.8 Å². The molecular formula is C12H20N2. The smallest absolute Gasteiger partial charge is 0.0367 e. The van der Waals surface area contributed by atoms with Gasteiger partial charge in [0.05, 0.1) is 0 Å². The van der Waals surface area contributed by atoms with Crippen molar-refractivity contribution < 1.29 is 0 Å². The summed E-state index contributed by atoms with van der Waals surface area (Å²) in [5.41, 5.74) is 7.74. The number of nitrogen functional groups attached to an aromatic ring is 1. The van der Waals surface area contributed by atoms with Crippen LogP contribution in [0.1, 0.15) is 20.8 Å². The summed E-state index contributed by atoms with van der Waals surface area (Å²) >= 11 is 0. The van der Waals surface area contributed by atoms with Crippen molar-refractivity contribution in [1.82, 2.24) is 0 Å². The number of nitrogens with two attached hydrogens (primary N) is 1. The van der Waals surface area contributed by atoms with Crippen molar-refractivity contribution in [2.24, 2.45) is 5.92 Å². The van der Waals surface area contributed by atoms with E-state index in [2.05, 4.69) is 37.8 Å². The summed E-state index contributed by atoms with van der Waals surface area (Å²) in [5, 5.41) is 0. The van der Waals surface area contributed by atoms with Crippen molar-refractivity contribution in [3.8, 4) is 0 Å². The van der Waals surface area contributed by atoms with Gasteiger partial charge in [0.25, 0.3) is 0 Å². The van der Waals surface area contributed by atoms with Gasteiger partial charge in [-0.05, 0) is 37.1 Å². The van der Waals surface area contributed by atoms with Crippen LogP contribution >= 0.6 is 0 Å². The number of benzene rings is 1. The zero-order chi connectivity index (χ0) is 10.6. The minimum Gasteiger partial charge on any atom is -0.399 e. The Hall–Kier alpha value is -1.18. The van der Waals surface area contributed by atoms with Crippen LogP contribution in [0, 0.1) is 5.92 Å². The molecule has 0 fully saturated rings. The predicted octanol–water partition coefficient (Wildman–Crippen LogP) is 2.75. The first kappa shape index (κ1) is 10.9. The molecule has 14 heavy (non-hydrogen) atoms. The average Bonchev–Trinajstić information content (AvgIpc) is 2.15. The van der Waals surface area contributed by atoms with Gasteiger partial charge >= 0.3 is 0 Å². The van der Waals surface area contributed by atoms with Gasteiger partial charge in [-0.2, -0.15) is 0 Å². The van der Waals surface area contributed by atoms with Gasteiger partial charge in [-0.3, -0.25) is 0 Å². The molecule has 0 aromatic heterocycles. The molecule has 0 spiro atoms. The highest BCUT2D eigenvalue weighted by Crippen LogP contribution is 2.17. The molecule has 0 radical (unpaired) electrons. The molecule has 0 heterocycles. The van der Waals surface area contributed by atoms with Crippen LogP contribution in [-0.4, -0.2) is 13.1 Å². The lowest BCUT2D eigenvalue weighted by Crippen LogP contribution is -2.27. The molecule has 1 aromatic rings. The number of rotatable bonds is 4. The number of hydrogen-bond acceptors (Lipinski definition) is 2. The first-order valence-corrected chi connectivity index (χ1v) is 5.24. The Morgan fingerprint density at radius 1 is 1.21 bits per heavy atom. The summed E-state index contributed by atoms with van der Waals surface area (Å²) in [7, 11) is 0. The molecule has 0 aliphatic heterocycles. The molecule has 2 N–H and O–H groups in total. The Morgan fingerprint density at radius 2 is 1.79 bits per heavy atom. The van der Waals surface area contributed by atoms with Crippen LogP contribution in [0.15, 0.2) is 24.3 Å². The second-order valence-electron chi connectivity index (χ2n) is 4.02. The summed E-state index contributed by atoms with van der Waals surface area (Å²) in [6, 6.07) is 8.08. The summed E-state index contributed by atoms with van der Waals surface area (Å²) in [5.74, 6) is 0.688. The molecule has 0 atom stereocenters. The molecule has 1 aromatic carbocycles. The van der Waals surface area contributed by atoms with E-state index in [1.165, 1.54) is 5.69 Å². The molecule has 0 aliphatic carbocycles. The molecule has 0 aliphatic rings. The third-order valence-corrected chi connectivity index (χ3v) is 2.23. The summed E-state index contributed by atoms with van der Waals surface area (Å²) in [4.78, 5) is 2.37. The van der Waals surface area contributed by atoms with Crippen LogP contribution in [0.3, 0.4) is 0 Å². The van der Waals surface area contributed by atoms with Crippen molar-refractivity contribution >= 4 is 11.4 Å². The fraction of sp³-hybridized carbons (Fsp3) is 0.500. The van der Waals surface area contributed by atoms with E-state index in [0.29, 0.717) is 5.92 Å². The molecule has 1 rings (SSSR count). The standard InChI is InChI=1S/C12H20N2/c1-4-14(9-10(2)3)12-7-5-11(13)6-8-12/h5-8,10H,4,9,13H2,1-3H3. The molecule has 2 heteroatoms. The Bertz CT molecular complexity index is 264. The molecule has 0 saturated carbocycles. The summed E-state index contributed by atoms with van der Waals surface area (Å²) in [6.07, 6.45) is 0. The van der Waals surface area contributed by atoms with E-state index in [9.17, 15) is 0 Å². The minimum absolute atomic E-state index is 0.688.